The minimum Gasteiger partial charge on any atom is -0.508 e. The van der Waals surface area contributed by atoms with Crippen LogP contribution >= 0.6 is 0 Å². The number of para-hydroxylation sites is 1. The number of halogens is 1. The Morgan fingerprint density at radius 2 is 1.95 bits per heavy atom. The average molecular weight is 275 g/mol. The fraction of sp³-hybridized carbons (Fsp3) is 0.133. The lowest BCUT2D eigenvalue weighted by molar-refractivity contribution is 0.0692. The van der Waals surface area contributed by atoms with Crippen molar-refractivity contribution in [2.24, 2.45) is 0 Å². The molecule has 0 bridgehead atoms. The van der Waals surface area contributed by atoms with Gasteiger partial charge in [0.15, 0.2) is 0 Å². The van der Waals surface area contributed by atoms with Gasteiger partial charge >= 0.3 is 5.97 Å². The number of phenols is 1. The van der Waals surface area contributed by atoms with Crippen LogP contribution in [0.1, 0.15) is 28.9 Å². The summed E-state index contributed by atoms with van der Waals surface area (Å²) in [6.07, 6.45) is 0. The number of phenolic OH excluding ortho intramolecular Hbond substituents is 1. The number of carbonyl (C=O) groups is 1. The molecule has 0 heterocycles. The van der Waals surface area contributed by atoms with Gasteiger partial charge in [0.25, 0.3) is 0 Å². The summed E-state index contributed by atoms with van der Waals surface area (Å²) in [4.78, 5) is 10.9. The molecule has 0 fully saturated rings. The molecule has 0 amide bonds. The summed E-state index contributed by atoms with van der Waals surface area (Å²) in [5.74, 6) is -1.95. The van der Waals surface area contributed by atoms with E-state index < -0.39 is 11.8 Å². The number of hydrogen-bond acceptors (Lipinski definition) is 3. The standard InChI is InChI=1S/C15H14FNO3/c1-9(11-4-2-3-5-14(11)18)17-10-6-7-13(16)12(8-10)15(19)20/h2-9,17-18H,1H3,(H,19,20). The smallest absolute Gasteiger partial charge is 0.338 e. The van der Waals surface area contributed by atoms with E-state index in [0.29, 0.717) is 11.3 Å². The summed E-state index contributed by atoms with van der Waals surface area (Å²) >= 11 is 0. The van der Waals surface area contributed by atoms with Gasteiger partial charge in [0.2, 0.25) is 0 Å². The van der Waals surface area contributed by atoms with Gasteiger partial charge in [-0.25, -0.2) is 9.18 Å². The molecule has 20 heavy (non-hydrogen) atoms. The van der Waals surface area contributed by atoms with Gasteiger partial charge in [-0.2, -0.15) is 0 Å². The lowest BCUT2D eigenvalue weighted by atomic mass is 10.1. The number of aromatic hydroxyl groups is 1. The molecule has 0 aliphatic heterocycles. The van der Waals surface area contributed by atoms with Crippen molar-refractivity contribution in [1.29, 1.82) is 0 Å². The van der Waals surface area contributed by atoms with Crippen LogP contribution in [0.4, 0.5) is 10.1 Å². The zero-order chi connectivity index (χ0) is 14.7. The highest BCUT2D eigenvalue weighted by molar-refractivity contribution is 5.89. The van der Waals surface area contributed by atoms with E-state index in [1.54, 1.807) is 24.3 Å². The van der Waals surface area contributed by atoms with Crippen molar-refractivity contribution in [1.82, 2.24) is 0 Å². The largest absolute Gasteiger partial charge is 0.508 e. The van der Waals surface area contributed by atoms with Gasteiger partial charge < -0.3 is 15.5 Å². The Labute approximate surface area is 115 Å². The molecule has 0 aromatic heterocycles. The number of carboxylic acid groups (broad SMARTS) is 1. The van der Waals surface area contributed by atoms with E-state index in [1.165, 1.54) is 12.1 Å². The lowest BCUT2D eigenvalue weighted by Gasteiger charge is -2.17. The van der Waals surface area contributed by atoms with Crippen LogP contribution in [0.25, 0.3) is 0 Å². The topological polar surface area (TPSA) is 69.6 Å². The van der Waals surface area contributed by atoms with E-state index in [1.807, 2.05) is 6.92 Å². The van der Waals surface area contributed by atoms with Crippen LogP contribution in [-0.4, -0.2) is 16.2 Å². The van der Waals surface area contributed by atoms with Crippen molar-refractivity contribution in [3.8, 4) is 5.75 Å². The quantitative estimate of drug-likeness (QED) is 0.799. The predicted molar refractivity (Wildman–Crippen MR) is 73.5 cm³/mol. The van der Waals surface area contributed by atoms with E-state index in [0.717, 1.165) is 6.07 Å². The molecule has 1 atom stereocenters. The molecular weight excluding hydrogens is 261 g/mol. The number of hydrogen-bond donors (Lipinski definition) is 3. The highest BCUT2D eigenvalue weighted by Gasteiger charge is 2.13. The Hall–Kier alpha value is -2.56. The van der Waals surface area contributed by atoms with E-state index in [2.05, 4.69) is 5.32 Å². The third-order valence-electron chi connectivity index (χ3n) is 2.98. The van der Waals surface area contributed by atoms with E-state index in [4.69, 9.17) is 5.11 Å². The van der Waals surface area contributed by atoms with E-state index in [9.17, 15) is 14.3 Å². The number of carboxylic acids is 1. The van der Waals surface area contributed by atoms with Crippen molar-refractivity contribution >= 4 is 11.7 Å². The summed E-state index contributed by atoms with van der Waals surface area (Å²) in [6.45, 7) is 1.82. The van der Waals surface area contributed by atoms with Gasteiger partial charge in [-0.05, 0) is 31.2 Å². The second-order valence-electron chi connectivity index (χ2n) is 4.42. The van der Waals surface area contributed by atoms with Crippen LogP contribution in [-0.2, 0) is 0 Å². The van der Waals surface area contributed by atoms with Crippen molar-refractivity contribution in [3.05, 3.63) is 59.4 Å². The van der Waals surface area contributed by atoms with Gasteiger partial charge in [0.1, 0.15) is 11.6 Å². The molecule has 0 aliphatic carbocycles. The van der Waals surface area contributed by atoms with Crippen molar-refractivity contribution in [3.63, 3.8) is 0 Å². The molecule has 1 unspecified atom stereocenters. The zero-order valence-corrected chi connectivity index (χ0v) is 10.8. The second-order valence-corrected chi connectivity index (χ2v) is 4.42. The first-order valence-corrected chi connectivity index (χ1v) is 6.06. The van der Waals surface area contributed by atoms with E-state index >= 15 is 0 Å². The molecule has 4 nitrogen and oxygen atoms in total. The molecule has 104 valence electrons. The monoisotopic (exact) mass is 275 g/mol. The molecular formula is C15H14FNO3. The predicted octanol–water partition coefficient (Wildman–Crippen LogP) is 3.40. The van der Waals surface area contributed by atoms with Crippen molar-refractivity contribution in [2.45, 2.75) is 13.0 Å². The summed E-state index contributed by atoms with van der Waals surface area (Å²) in [5.41, 5.74) is 0.757. The third-order valence-corrected chi connectivity index (χ3v) is 2.98. The number of aromatic carboxylic acids is 1. The molecule has 2 rings (SSSR count). The fourth-order valence-corrected chi connectivity index (χ4v) is 1.96. The van der Waals surface area contributed by atoms with Crippen molar-refractivity contribution in [2.75, 3.05) is 5.32 Å². The van der Waals surface area contributed by atoms with E-state index in [-0.39, 0.29) is 17.4 Å². The summed E-state index contributed by atoms with van der Waals surface area (Å²) in [6, 6.07) is 10.4. The maximum atomic E-state index is 13.3. The van der Waals surface area contributed by atoms with Gasteiger partial charge in [0, 0.05) is 11.3 Å². The minimum absolute atomic E-state index is 0.146. The van der Waals surface area contributed by atoms with Crippen molar-refractivity contribution < 1.29 is 19.4 Å². The molecule has 0 spiro atoms. The average Bonchev–Trinajstić information content (AvgIpc) is 2.41. The normalized spacial score (nSPS) is 11.9. The Morgan fingerprint density at radius 1 is 1.25 bits per heavy atom. The van der Waals surface area contributed by atoms with Crippen LogP contribution in [0.5, 0.6) is 5.75 Å². The molecule has 2 aromatic carbocycles. The SMILES string of the molecule is CC(Nc1ccc(F)c(C(=O)O)c1)c1ccccc1O. The van der Waals surface area contributed by atoms with Crippen LogP contribution < -0.4 is 5.32 Å². The zero-order valence-electron chi connectivity index (χ0n) is 10.8. The minimum atomic E-state index is -1.32. The maximum Gasteiger partial charge on any atom is 0.338 e. The number of benzene rings is 2. The van der Waals surface area contributed by atoms with Crippen LogP contribution in [0.15, 0.2) is 42.5 Å². The fourth-order valence-electron chi connectivity index (χ4n) is 1.96. The summed E-state index contributed by atoms with van der Waals surface area (Å²) in [5, 5.41) is 21.7. The third kappa shape index (κ3) is 2.88. The first-order valence-electron chi connectivity index (χ1n) is 6.06. The molecule has 5 heteroatoms. The van der Waals surface area contributed by atoms with Gasteiger partial charge in [-0.3, -0.25) is 0 Å². The Bertz CT molecular complexity index is 643. The van der Waals surface area contributed by atoms with Crippen LogP contribution in [0.3, 0.4) is 0 Å². The van der Waals surface area contributed by atoms with Gasteiger partial charge in [0.05, 0.1) is 11.6 Å². The number of anilines is 1. The summed E-state index contributed by atoms with van der Waals surface area (Å²) in [7, 11) is 0. The maximum absolute atomic E-state index is 13.3. The molecule has 0 radical (unpaired) electrons. The Kier molecular flexibility index (Phi) is 3.89. The Morgan fingerprint density at radius 3 is 2.60 bits per heavy atom. The Balaban J connectivity index is 2.24. The van der Waals surface area contributed by atoms with Crippen LogP contribution in [0, 0.1) is 5.82 Å². The number of nitrogens with one attached hydrogen (secondary N) is 1. The van der Waals surface area contributed by atoms with Crippen LogP contribution in [0.2, 0.25) is 0 Å². The first-order chi connectivity index (χ1) is 9.49. The molecule has 0 saturated carbocycles. The van der Waals surface area contributed by atoms with Gasteiger partial charge in [-0.15, -0.1) is 0 Å². The second kappa shape index (κ2) is 5.61. The molecule has 0 aliphatic rings. The lowest BCUT2D eigenvalue weighted by Crippen LogP contribution is -2.08. The molecule has 2 aromatic rings. The highest BCUT2D eigenvalue weighted by atomic mass is 19.1. The summed E-state index contributed by atoms with van der Waals surface area (Å²) < 4.78 is 13.3. The first kappa shape index (κ1) is 13.9. The molecule has 3 N–H and O–H groups in total. The number of rotatable bonds is 4. The molecule has 0 saturated heterocycles. The highest BCUT2D eigenvalue weighted by Crippen LogP contribution is 2.27. The van der Waals surface area contributed by atoms with Gasteiger partial charge in [-0.1, -0.05) is 18.2 Å².